The Morgan fingerprint density at radius 2 is 2.12 bits per heavy atom. The van der Waals surface area contributed by atoms with Crippen LogP contribution < -0.4 is 5.73 Å². The van der Waals surface area contributed by atoms with E-state index in [1.54, 1.807) is 0 Å². The summed E-state index contributed by atoms with van der Waals surface area (Å²) in [4.78, 5) is 0. The minimum atomic E-state index is 0.482. The summed E-state index contributed by atoms with van der Waals surface area (Å²) >= 11 is 0. The highest BCUT2D eigenvalue weighted by molar-refractivity contribution is 5.11. The topological polar surface area (TPSA) is 43.8 Å². The molecule has 3 nitrogen and oxygen atoms in total. The van der Waals surface area contributed by atoms with E-state index in [4.69, 9.17) is 5.73 Å². The molecular formula is C13H23N3. The van der Waals surface area contributed by atoms with Gasteiger partial charge in [-0.2, -0.15) is 5.10 Å². The molecule has 0 amide bonds. The zero-order valence-corrected chi connectivity index (χ0v) is 10.5. The summed E-state index contributed by atoms with van der Waals surface area (Å²) in [6.45, 7) is 6.26. The van der Waals surface area contributed by atoms with E-state index >= 15 is 0 Å². The van der Waals surface area contributed by atoms with E-state index in [2.05, 4.69) is 29.7 Å². The van der Waals surface area contributed by atoms with Crippen molar-refractivity contribution in [3.8, 4) is 0 Å². The Labute approximate surface area is 98.0 Å². The summed E-state index contributed by atoms with van der Waals surface area (Å²) in [6.07, 6.45) is 5.91. The van der Waals surface area contributed by atoms with Crippen molar-refractivity contribution in [1.82, 2.24) is 9.78 Å². The first-order chi connectivity index (χ1) is 7.73. The largest absolute Gasteiger partial charge is 0.330 e. The van der Waals surface area contributed by atoms with Crippen LogP contribution in [0.4, 0.5) is 0 Å². The maximum absolute atomic E-state index is 5.68. The Morgan fingerprint density at radius 3 is 2.62 bits per heavy atom. The highest BCUT2D eigenvalue weighted by atomic mass is 15.3. The molecule has 0 saturated heterocycles. The van der Waals surface area contributed by atoms with Crippen molar-refractivity contribution in [3.63, 3.8) is 0 Å². The molecule has 1 aliphatic rings. The molecule has 1 saturated carbocycles. The van der Waals surface area contributed by atoms with Gasteiger partial charge in [0.1, 0.15) is 0 Å². The molecule has 1 heterocycles. The second-order valence-electron chi connectivity index (χ2n) is 5.03. The van der Waals surface area contributed by atoms with Gasteiger partial charge in [0.05, 0.1) is 5.69 Å². The summed E-state index contributed by atoms with van der Waals surface area (Å²) in [5.41, 5.74) is 8.76. The summed E-state index contributed by atoms with van der Waals surface area (Å²) in [7, 11) is 0. The Balaban J connectivity index is 2.11. The standard InChI is InChI=1S/C13H23N3/c1-3-11-9-12(4-2)16(15-11)10-13(5-6-13)7-8-14/h9H,3-8,10,14H2,1-2H3. The fraction of sp³-hybridized carbons (Fsp3) is 0.769. The van der Waals surface area contributed by atoms with Gasteiger partial charge >= 0.3 is 0 Å². The summed E-state index contributed by atoms with van der Waals surface area (Å²) in [5, 5.41) is 4.68. The molecule has 1 fully saturated rings. The smallest absolute Gasteiger partial charge is 0.0624 e. The molecule has 1 aromatic heterocycles. The third-order valence-corrected chi connectivity index (χ3v) is 3.76. The third-order valence-electron chi connectivity index (χ3n) is 3.76. The maximum Gasteiger partial charge on any atom is 0.0624 e. The normalized spacial score (nSPS) is 17.7. The number of hydrogen-bond donors (Lipinski definition) is 1. The molecule has 0 aliphatic heterocycles. The predicted octanol–water partition coefficient (Wildman–Crippen LogP) is 2.14. The molecule has 2 rings (SSSR count). The summed E-state index contributed by atoms with van der Waals surface area (Å²) < 4.78 is 2.22. The van der Waals surface area contributed by atoms with E-state index < -0.39 is 0 Å². The van der Waals surface area contributed by atoms with Crippen LogP contribution in [0.1, 0.15) is 44.5 Å². The van der Waals surface area contributed by atoms with Crippen molar-refractivity contribution in [2.75, 3.05) is 6.54 Å². The van der Waals surface area contributed by atoms with Gasteiger partial charge in [-0.25, -0.2) is 0 Å². The molecule has 0 radical (unpaired) electrons. The first kappa shape index (κ1) is 11.6. The average molecular weight is 221 g/mol. The van der Waals surface area contributed by atoms with Crippen molar-refractivity contribution in [1.29, 1.82) is 0 Å². The maximum atomic E-state index is 5.68. The molecule has 90 valence electrons. The van der Waals surface area contributed by atoms with Gasteiger partial charge in [-0.15, -0.1) is 0 Å². The van der Waals surface area contributed by atoms with E-state index in [1.165, 1.54) is 24.2 Å². The van der Waals surface area contributed by atoms with Crippen LogP contribution in [0.5, 0.6) is 0 Å². The lowest BCUT2D eigenvalue weighted by Gasteiger charge is -2.15. The van der Waals surface area contributed by atoms with Crippen LogP contribution in [0, 0.1) is 5.41 Å². The lowest BCUT2D eigenvalue weighted by atomic mass is 10.0. The van der Waals surface area contributed by atoms with Gasteiger partial charge in [0.15, 0.2) is 0 Å². The van der Waals surface area contributed by atoms with E-state index in [1.807, 2.05) is 0 Å². The lowest BCUT2D eigenvalue weighted by molar-refractivity contribution is 0.368. The second-order valence-corrected chi connectivity index (χ2v) is 5.03. The van der Waals surface area contributed by atoms with Crippen LogP contribution in [0.15, 0.2) is 6.07 Å². The van der Waals surface area contributed by atoms with Crippen LogP contribution in [0.2, 0.25) is 0 Å². The van der Waals surface area contributed by atoms with Gasteiger partial charge in [-0.05, 0) is 50.1 Å². The highest BCUT2D eigenvalue weighted by Crippen LogP contribution is 2.49. The third kappa shape index (κ3) is 2.29. The number of nitrogens with zero attached hydrogens (tertiary/aromatic N) is 2. The fourth-order valence-corrected chi connectivity index (χ4v) is 2.40. The molecule has 16 heavy (non-hydrogen) atoms. The average Bonchev–Trinajstić information content (AvgIpc) is 2.92. The van der Waals surface area contributed by atoms with Gasteiger partial charge < -0.3 is 5.73 Å². The number of rotatable bonds is 6. The summed E-state index contributed by atoms with van der Waals surface area (Å²) in [5.74, 6) is 0. The molecule has 1 aliphatic carbocycles. The summed E-state index contributed by atoms with van der Waals surface area (Å²) in [6, 6.07) is 2.25. The quantitative estimate of drug-likeness (QED) is 0.799. The number of nitrogens with two attached hydrogens (primary N) is 1. The van der Waals surface area contributed by atoms with E-state index in [0.29, 0.717) is 5.41 Å². The minimum Gasteiger partial charge on any atom is -0.330 e. The van der Waals surface area contributed by atoms with Gasteiger partial charge in [-0.3, -0.25) is 4.68 Å². The highest BCUT2D eigenvalue weighted by Gasteiger charge is 2.42. The van der Waals surface area contributed by atoms with Gasteiger partial charge in [-0.1, -0.05) is 13.8 Å². The molecule has 3 heteroatoms. The Morgan fingerprint density at radius 1 is 1.38 bits per heavy atom. The first-order valence-electron chi connectivity index (χ1n) is 6.48. The SMILES string of the molecule is CCc1cc(CC)n(CC2(CCN)CC2)n1. The van der Waals surface area contributed by atoms with Crippen molar-refractivity contribution < 1.29 is 0 Å². The van der Waals surface area contributed by atoms with Crippen molar-refractivity contribution in [2.45, 2.75) is 52.5 Å². The molecule has 1 aromatic rings. The minimum absolute atomic E-state index is 0.482. The van der Waals surface area contributed by atoms with Crippen LogP contribution in [-0.2, 0) is 19.4 Å². The Bertz CT molecular complexity index is 350. The van der Waals surface area contributed by atoms with E-state index in [9.17, 15) is 0 Å². The Hall–Kier alpha value is -0.830. The molecule has 0 atom stereocenters. The number of aryl methyl sites for hydroxylation is 2. The fourth-order valence-electron chi connectivity index (χ4n) is 2.40. The molecular weight excluding hydrogens is 198 g/mol. The molecule has 0 spiro atoms. The first-order valence-corrected chi connectivity index (χ1v) is 6.48. The van der Waals surface area contributed by atoms with Crippen molar-refractivity contribution in [2.24, 2.45) is 11.1 Å². The van der Waals surface area contributed by atoms with Crippen LogP contribution >= 0.6 is 0 Å². The van der Waals surface area contributed by atoms with E-state index in [-0.39, 0.29) is 0 Å². The lowest BCUT2D eigenvalue weighted by Crippen LogP contribution is -2.18. The van der Waals surface area contributed by atoms with Gasteiger partial charge in [0, 0.05) is 12.2 Å². The molecule has 0 aromatic carbocycles. The molecule has 0 bridgehead atoms. The van der Waals surface area contributed by atoms with E-state index in [0.717, 1.165) is 32.4 Å². The van der Waals surface area contributed by atoms with Crippen LogP contribution in [0.25, 0.3) is 0 Å². The monoisotopic (exact) mass is 221 g/mol. The van der Waals surface area contributed by atoms with Gasteiger partial charge in [0.25, 0.3) is 0 Å². The Kier molecular flexibility index (Phi) is 3.33. The zero-order chi connectivity index (χ0) is 11.6. The van der Waals surface area contributed by atoms with Crippen LogP contribution in [0.3, 0.4) is 0 Å². The zero-order valence-electron chi connectivity index (χ0n) is 10.5. The number of hydrogen-bond acceptors (Lipinski definition) is 2. The van der Waals surface area contributed by atoms with Crippen molar-refractivity contribution in [3.05, 3.63) is 17.5 Å². The number of aromatic nitrogens is 2. The van der Waals surface area contributed by atoms with Gasteiger partial charge in [0.2, 0.25) is 0 Å². The van der Waals surface area contributed by atoms with Crippen LogP contribution in [-0.4, -0.2) is 16.3 Å². The van der Waals surface area contributed by atoms with Crippen molar-refractivity contribution >= 4 is 0 Å². The molecule has 0 unspecified atom stereocenters. The predicted molar refractivity (Wildman–Crippen MR) is 66.3 cm³/mol. The molecule has 2 N–H and O–H groups in total. The second kappa shape index (κ2) is 4.58.